The van der Waals surface area contributed by atoms with E-state index in [2.05, 4.69) is 0 Å². The molecule has 0 bridgehead atoms. The lowest BCUT2D eigenvalue weighted by Gasteiger charge is -2.15. The van der Waals surface area contributed by atoms with Crippen molar-refractivity contribution in [3.05, 3.63) is 58.7 Å². The number of carbonyl (C=O) groups is 1. The number of benzene rings is 2. The van der Waals surface area contributed by atoms with E-state index in [4.69, 9.17) is 0 Å². The Bertz CT molecular complexity index is 773. The molecule has 0 spiro atoms. The predicted octanol–water partition coefficient (Wildman–Crippen LogP) is 5.40. The second-order valence-electron chi connectivity index (χ2n) is 5.09. The number of aryl methyl sites for hydroxylation is 1. The molecular weight excluding hydrogens is 338 g/mol. The normalized spacial score (nSPS) is 12.3. The Kier molecular flexibility index (Phi) is 4.34. The topological polar surface area (TPSA) is 37.3 Å². The highest BCUT2D eigenvalue weighted by Crippen LogP contribution is 2.37. The van der Waals surface area contributed by atoms with Crippen molar-refractivity contribution < 1.29 is 36.2 Å². The van der Waals surface area contributed by atoms with Crippen LogP contribution in [0.2, 0.25) is 0 Å². The Morgan fingerprint density at radius 1 is 0.875 bits per heavy atom. The highest BCUT2D eigenvalue weighted by atomic mass is 19.4. The zero-order chi connectivity index (χ0) is 18.3. The summed E-state index contributed by atoms with van der Waals surface area (Å²) in [6, 6.07) is 4.59. The second kappa shape index (κ2) is 5.85. The van der Waals surface area contributed by atoms with Gasteiger partial charge in [0.25, 0.3) is 0 Å². The molecule has 0 radical (unpaired) electrons. The number of rotatable bonds is 2. The molecule has 0 amide bonds. The van der Waals surface area contributed by atoms with E-state index < -0.39 is 29.4 Å². The van der Waals surface area contributed by atoms with Crippen LogP contribution in [0.3, 0.4) is 0 Å². The molecular formula is C16H10F6O2. The smallest absolute Gasteiger partial charge is 0.416 e. The van der Waals surface area contributed by atoms with Crippen molar-refractivity contribution >= 4 is 5.97 Å². The van der Waals surface area contributed by atoms with Crippen molar-refractivity contribution in [1.82, 2.24) is 0 Å². The average molecular weight is 348 g/mol. The fraction of sp³-hybridized carbons (Fsp3) is 0.188. The molecule has 2 rings (SSSR count). The maximum Gasteiger partial charge on any atom is 0.416 e. The van der Waals surface area contributed by atoms with Gasteiger partial charge in [-0.2, -0.15) is 26.3 Å². The van der Waals surface area contributed by atoms with Gasteiger partial charge in [-0.25, -0.2) is 4.79 Å². The van der Waals surface area contributed by atoms with Crippen LogP contribution in [0.15, 0.2) is 36.4 Å². The third kappa shape index (κ3) is 3.52. The van der Waals surface area contributed by atoms with Crippen LogP contribution in [0.1, 0.15) is 27.0 Å². The van der Waals surface area contributed by atoms with Crippen molar-refractivity contribution in [2.24, 2.45) is 0 Å². The number of carboxylic acids is 1. The Morgan fingerprint density at radius 3 is 1.79 bits per heavy atom. The molecule has 24 heavy (non-hydrogen) atoms. The third-order valence-corrected chi connectivity index (χ3v) is 3.40. The molecule has 0 saturated carbocycles. The van der Waals surface area contributed by atoms with E-state index in [0.717, 1.165) is 12.1 Å². The molecule has 0 aliphatic rings. The van der Waals surface area contributed by atoms with E-state index in [0.29, 0.717) is 24.3 Å². The fourth-order valence-electron chi connectivity index (χ4n) is 2.30. The summed E-state index contributed by atoms with van der Waals surface area (Å²) in [4.78, 5) is 11.3. The highest BCUT2D eigenvalue weighted by Gasteiger charge is 2.33. The van der Waals surface area contributed by atoms with Crippen LogP contribution >= 0.6 is 0 Å². The number of aromatic carboxylic acids is 1. The van der Waals surface area contributed by atoms with Gasteiger partial charge in [-0.15, -0.1) is 0 Å². The average Bonchev–Trinajstić information content (AvgIpc) is 2.44. The van der Waals surface area contributed by atoms with Crippen molar-refractivity contribution in [1.29, 1.82) is 0 Å². The minimum atomic E-state index is -4.71. The van der Waals surface area contributed by atoms with Gasteiger partial charge in [0.05, 0.1) is 16.7 Å². The highest BCUT2D eigenvalue weighted by molar-refractivity contribution is 5.97. The van der Waals surface area contributed by atoms with E-state index in [-0.39, 0.29) is 22.3 Å². The van der Waals surface area contributed by atoms with Crippen LogP contribution in [-0.4, -0.2) is 11.1 Å². The lowest BCUT2D eigenvalue weighted by Crippen LogP contribution is -2.10. The van der Waals surface area contributed by atoms with E-state index >= 15 is 0 Å². The number of alkyl halides is 6. The number of halogens is 6. The molecule has 128 valence electrons. The maximum absolute atomic E-state index is 12.9. The first-order valence-corrected chi connectivity index (χ1v) is 6.54. The van der Waals surface area contributed by atoms with Gasteiger partial charge < -0.3 is 5.11 Å². The van der Waals surface area contributed by atoms with Gasteiger partial charge in [0.15, 0.2) is 0 Å². The Hall–Kier alpha value is -2.51. The zero-order valence-electron chi connectivity index (χ0n) is 12.1. The third-order valence-electron chi connectivity index (χ3n) is 3.40. The molecule has 0 aliphatic heterocycles. The molecule has 0 heterocycles. The first-order valence-electron chi connectivity index (χ1n) is 6.54. The summed E-state index contributed by atoms with van der Waals surface area (Å²) in [5.74, 6) is -1.46. The van der Waals surface area contributed by atoms with Gasteiger partial charge in [0, 0.05) is 0 Å². The lowest BCUT2D eigenvalue weighted by molar-refractivity contribution is -0.138. The monoisotopic (exact) mass is 348 g/mol. The van der Waals surface area contributed by atoms with Crippen LogP contribution in [0, 0.1) is 6.92 Å². The van der Waals surface area contributed by atoms with E-state index in [1.807, 2.05) is 0 Å². The van der Waals surface area contributed by atoms with Crippen LogP contribution in [0.5, 0.6) is 0 Å². The summed E-state index contributed by atoms with van der Waals surface area (Å²) in [6.45, 7) is 1.20. The quantitative estimate of drug-likeness (QED) is 0.738. The largest absolute Gasteiger partial charge is 0.478 e. The Morgan fingerprint density at radius 2 is 1.38 bits per heavy atom. The van der Waals surface area contributed by atoms with Crippen molar-refractivity contribution in [3.63, 3.8) is 0 Å². The molecule has 0 unspecified atom stereocenters. The van der Waals surface area contributed by atoms with E-state index in [9.17, 15) is 36.2 Å². The van der Waals surface area contributed by atoms with Crippen LogP contribution < -0.4 is 0 Å². The Labute approximate surface area is 132 Å². The van der Waals surface area contributed by atoms with Crippen molar-refractivity contribution in [2.75, 3.05) is 0 Å². The summed E-state index contributed by atoms with van der Waals surface area (Å²) in [7, 11) is 0. The minimum absolute atomic E-state index is 0.0467. The molecule has 2 nitrogen and oxygen atoms in total. The molecule has 0 fully saturated rings. The molecule has 2 aromatic rings. The molecule has 0 aromatic heterocycles. The number of hydrogen-bond acceptors (Lipinski definition) is 1. The lowest BCUT2D eigenvalue weighted by atomic mass is 9.92. The Balaban J connectivity index is 2.67. The maximum atomic E-state index is 12.9. The fourth-order valence-corrected chi connectivity index (χ4v) is 2.30. The molecule has 1 N–H and O–H groups in total. The van der Waals surface area contributed by atoms with E-state index in [1.165, 1.54) is 6.92 Å². The number of hydrogen-bond donors (Lipinski definition) is 1. The van der Waals surface area contributed by atoms with Crippen molar-refractivity contribution in [3.8, 4) is 11.1 Å². The summed E-state index contributed by atoms with van der Waals surface area (Å²) < 4.78 is 76.5. The van der Waals surface area contributed by atoms with Gasteiger partial charge in [-0.3, -0.25) is 0 Å². The predicted molar refractivity (Wildman–Crippen MR) is 73.6 cm³/mol. The summed E-state index contributed by atoms with van der Waals surface area (Å²) in [5.41, 5.74) is -2.90. The number of carboxylic acid groups (broad SMARTS) is 1. The molecule has 0 aliphatic carbocycles. The zero-order valence-corrected chi connectivity index (χ0v) is 12.1. The van der Waals surface area contributed by atoms with Crippen LogP contribution in [0.25, 0.3) is 11.1 Å². The summed E-state index contributed by atoms with van der Waals surface area (Å²) >= 11 is 0. The molecule has 8 heteroatoms. The standard InChI is InChI=1S/C16H10F6O2/c1-8-6-11(16(20,21)22)7-12(13(8)14(23)24)9-2-4-10(5-3-9)15(17,18)19/h2-7H,1H3,(H,23,24). The van der Waals surface area contributed by atoms with Gasteiger partial charge in [0.2, 0.25) is 0 Å². The molecule has 0 saturated heterocycles. The van der Waals surface area contributed by atoms with Gasteiger partial charge in [0.1, 0.15) is 0 Å². The molecule has 2 aromatic carbocycles. The molecule has 0 atom stereocenters. The minimum Gasteiger partial charge on any atom is -0.478 e. The van der Waals surface area contributed by atoms with Gasteiger partial charge in [-0.1, -0.05) is 12.1 Å². The summed E-state index contributed by atoms with van der Waals surface area (Å²) in [5, 5.41) is 9.22. The summed E-state index contributed by atoms with van der Waals surface area (Å²) in [6.07, 6.45) is -9.31. The van der Waals surface area contributed by atoms with Gasteiger partial charge in [-0.05, 0) is 47.9 Å². The van der Waals surface area contributed by atoms with Crippen molar-refractivity contribution in [2.45, 2.75) is 19.3 Å². The first kappa shape index (κ1) is 17.8. The second-order valence-corrected chi connectivity index (χ2v) is 5.09. The van der Waals surface area contributed by atoms with Gasteiger partial charge >= 0.3 is 18.3 Å². The SMILES string of the molecule is Cc1cc(C(F)(F)F)cc(-c2ccc(C(F)(F)F)cc2)c1C(=O)O. The van der Waals surface area contributed by atoms with Crippen LogP contribution in [0.4, 0.5) is 26.3 Å². The van der Waals surface area contributed by atoms with E-state index in [1.54, 1.807) is 0 Å². The first-order chi connectivity index (χ1) is 10.9. The van der Waals surface area contributed by atoms with Crippen LogP contribution in [-0.2, 0) is 12.4 Å².